The molecular formula is C19H22N2O5. The van der Waals surface area contributed by atoms with Gasteiger partial charge in [-0.2, -0.15) is 0 Å². The molecule has 0 unspecified atom stereocenters. The van der Waals surface area contributed by atoms with Gasteiger partial charge in [0.25, 0.3) is 0 Å². The quantitative estimate of drug-likeness (QED) is 0.412. The normalized spacial score (nSPS) is 10.4. The van der Waals surface area contributed by atoms with E-state index >= 15 is 0 Å². The molecule has 7 nitrogen and oxygen atoms in total. The van der Waals surface area contributed by atoms with Crippen molar-refractivity contribution in [3.8, 4) is 11.5 Å². The molecule has 0 saturated heterocycles. The fourth-order valence-corrected chi connectivity index (χ4v) is 2.28. The Morgan fingerprint density at radius 3 is 2.46 bits per heavy atom. The summed E-state index contributed by atoms with van der Waals surface area (Å²) in [6.07, 6.45) is 0.671. The second-order valence-electron chi connectivity index (χ2n) is 5.89. The lowest BCUT2D eigenvalue weighted by Gasteiger charge is -2.14. The molecule has 26 heavy (non-hydrogen) atoms. The Kier molecular flexibility index (Phi) is 6.96. The maximum Gasteiger partial charge on any atom is 0.310 e. The molecule has 1 N–H and O–H groups in total. The molecule has 0 aliphatic carbocycles. The number of carbonyl (C=O) groups excluding carboxylic acids is 1. The Morgan fingerprint density at radius 2 is 1.77 bits per heavy atom. The fourth-order valence-electron chi connectivity index (χ4n) is 2.28. The number of para-hydroxylation sites is 4. The van der Waals surface area contributed by atoms with Gasteiger partial charge in [0.1, 0.15) is 5.75 Å². The first-order chi connectivity index (χ1) is 12.5. The summed E-state index contributed by atoms with van der Waals surface area (Å²) in [5.74, 6) is 0.650. The van der Waals surface area contributed by atoms with E-state index in [-0.39, 0.29) is 36.5 Å². The molecule has 2 rings (SSSR count). The predicted octanol–water partition coefficient (Wildman–Crippen LogP) is 4.18. The Hall–Kier alpha value is -3.09. The summed E-state index contributed by atoms with van der Waals surface area (Å²) in [5, 5.41) is 13.7. The zero-order valence-corrected chi connectivity index (χ0v) is 14.8. The molecular weight excluding hydrogens is 336 g/mol. The molecule has 0 spiro atoms. The standard InChI is InChI=1S/C19H22N2O5/c1-14(2)26-17-10-5-3-8-15(17)20-19(22)12-7-13-25-18-11-6-4-9-16(18)21(23)24/h3-6,8-11,14H,7,12-13H2,1-2H3,(H,20,22). The first-order valence-corrected chi connectivity index (χ1v) is 8.39. The smallest absolute Gasteiger partial charge is 0.310 e. The zero-order valence-electron chi connectivity index (χ0n) is 14.8. The molecule has 0 aromatic heterocycles. The van der Waals surface area contributed by atoms with Gasteiger partial charge < -0.3 is 14.8 Å². The van der Waals surface area contributed by atoms with Gasteiger partial charge in [0.15, 0.2) is 5.75 Å². The van der Waals surface area contributed by atoms with Gasteiger partial charge in [-0.25, -0.2) is 0 Å². The summed E-state index contributed by atoms with van der Waals surface area (Å²) in [7, 11) is 0. The number of nitrogens with zero attached hydrogens (tertiary/aromatic N) is 1. The summed E-state index contributed by atoms with van der Waals surface area (Å²) in [6.45, 7) is 4.04. The number of anilines is 1. The van der Waals surface area contributed by atoms with Crippen molar-refractivity contribution < 1.29 is 19.2 Å². The number of rotatable bonds is 9. The Labute approximate surface area is 152 Å². The molecule has 0 heterocycles. The minimum atomic E-state index is -0.492. The highest BCUT2D eigenvalue weighted by Crippen LogP contribution is 2.26. The van der Waals surface area contributed by atoms with Crippen LogP contribution in [0.15, 0.2) is 48.5 Å². The van der Waals surface area contributed by atoms with Crippen molar-refractivity contribution in [2.75, 3.05) is 11.9 Å². The van der Waals surface area contributed by atoms with Crippen molar-refractivity contribution >= 4 is 17.3 Å². The number of hydrogen-bond donors (Lipinski definition) is 1. The maximum atomic E-state index is 12.1. The highest BCUT2D eigenvalue weighted by atomic mass is 16.6. The van der Waals surface area contributed by atoms with E-state index in [9.17, 15) is 14.9 Å². The number of amides is 1. The van der Waals surface area contributed by atoms with Crippen molar-refractivity contribution in [1.29, 1.82) is 0 Å². The lowest BCUT2D eigenvalue weighted by molar-refractivity contribution is -0.385. The van der Waals surface area contributed by atoms with Gasteiger partial charge >= 0.3 is 5.69 Å². The van der Waals surface area contributed by atoms with E-state index in [0.29, 0.717) is 17.9 Å². The van der Waals surface area contributed by atoms with Crippen molar-refractivity contribution in [2.24, 2.45) is 0 Å². The van der Waals surface area contributed by atoms with Crippen molar-refractivity contribution in [3.63, 3.8) is 0 Å². The third kappa shape index (κ3) is 5.77. The van der Waals surface area contributed by atoms with Crippen LogP contribution in [0.3, 0.4) is 0 Å². The summed E-state index contributed by atoms with van der Waals surface area (Å²) < 4.78 is 11.1. The number of nitrogens with one attached hydrogen (secondary N) is 1. The van der Waals surface area contributed by atoms with Crippen molar-refractivity contribution in [3.05, 3.63) is 58.6 Å². The maximum absolute atomic E-state index is 12.1. The average molecular weight is 358 g/mol. The van der Waals surface area contributed by atoms with Crippen LogP contribution in [0.4, 0.5) is 11.4 Å². The van der Waals surface area contributed by atoms with Crippen LogP contribution in [0.2, 0.25) is 0 Å². The first-order valence-electron chi connectivity index (χ1n) is 8.39. The van der Waals surface area contributed by atoms with E-state index in [1.165, 1.54) is 12.1 Å². The number of ether oxygens (including phenoxy) is 2. The van der Waals surface area contributed by atoms with Crippen molar-refractivity contribution in [1.82, 2.24) is 0 Å². The molecule has 7 heteroatoms. The summed E-state index contributed by atoms with van der Waals surface area (Å²) in [5.41, 5.74) is 0.530. The first kappa shape index (κ1) is 19.2. The Bertz CT molecular complexity index is 761. The van der Waals surface area contributed by atoms with Gasteiger partial charge in [-0.3, -0.25) is 14.9 Å². The van der Waals surface area contributed by atoms with Crippen LogP contribution in [0.25, 0.3) is 0 Å². The van der Waals surface area contributed by atoms with Gasteiger partial charge in [-0.05, 0) is 38.5 Å². The summed E-state index contributed by atoms with van der Waals surface area (Å²) in [6, 6.07) is 13.4. The van der Waals surface area contributed by atoms with Crippen LogP contribution < -0.4 is 14.8 Å². The van der Waals surface area contributed by atoms with E-state index in [2.05, 4.69) is 5.32 Å². The average Bonchev–Trinajstić information content (AvgIpc) is 2.60. The number of benzene rings is 2. The van der Waals surface area contributed by atoms with Gasteiger partial charge in [-0.1, -0.05) is 24.3 Å². The highest BCUT2D eigenvalue weighted by Gasteiger charge is 2.14. The number of hydrogen-bond acceptors (Lipinski definition) is 5. The molecule has 2 aromatic rings. The third-order valence-corrected chi connectivity index (χ3v) is 3.39. The van der Waals surface area contributed by atoms with E-state index < -0.39 is 4.92 Å². The minimum Gasteiger partial charge on any atom is -0.489 e. The third-order valence-electron chi connectivity index (χ3n) is 3.39. The van der Waals surface area contributed by atoms with Gasteiger partial charge in [0.2, 0.25) is 5.91 Å². The van der Waals surface area contributed by atoms with Gasteiger partial charge in [-0.15, -0.1) is 0 Å². The molecule has 1 amide bonds. The van der Waals surface area contributed by atoms with Crippen LogP contribution in [-0.4, -0.2) is 23.5 Å². The second-order valence-corrected chi connectivity index (χ2v) is 5.89. The number of nitro benzene ring substituents is 1. The second kappa shape index (κ2) is 9.41. The number of nitro groups is 1. The van der Waals surface area contributed by atoms with Crippen LogP contribution in [0.1, 0.15) is 26.7 Å². The lowest BCUT2D eigenvalue weighted by atomic mass is 10.2. The van der Waals surface area contributed by atoms with Crippen LogP contribution in [-0.2, 0) is 4.79 Å². The van der Waals surface area contributed by atoms with Crippen LogP contribution in [0, 0.1) is 10.1 Å². The van der Waals surface area contributed by atoms with E-state index in [1.54, 1.807) is 24.3 Å². The molecule has 138 valence electrons. The molecule has 0 atom stereocenters. The largest absolute Gasteiger partial charge is 0.489 e. The summed E-state index contributed by atoms with van der Waals surface area (Å²) >= 11 is 0. The fraction of sp³-hybridized carbons (Fsp3) is 0.316. The van der Waals surface area contributed by atoms with E-state index in [1.807, 2.05) is 26.0 Å². The van der Waals surface area contributed by atoms with E-state index in [0.717, 1.165) is 0 Å². The molecule has 2 aromatic carbocycles. The van der Waals surface area contributed by atoms with E-state index in [4.69, 9.17) is 9.47 Å². The van der Waals surface area contributed by atoms with Crippen molar-refractivity contribution in [2.45, 2.75) is 32.8 Å². The molecule has 0 saturated carbocycles. The Balaban J connectivity index is 1.82. The summed E-state index contributed by atoms with van der Waals surface area (Å²) in [4.78, 5) is 22.5. The molecule has 0 aliphatic heterocycles. The van der Waals surface area contributed by atoms with Gasteiger partial charge in [0.05, 0.1) is 23.3 Å². The predicted molar refractivity (Wildman–Crippen MR) is 98.7 cm³/mol. The molecule has 0 radical (unpaired) electrons. The zero-order chi connectivity index (χ0) is 18.9. The lowest BCUT2D eigenvalue weighted by Crippen LogP contribution is -2.15. The van der Waals surface area contributed by atoms with Gasteiger partial charge in [0, 0.05) is 12.5 Å². The number of carbonyl (C=O) groups is 1. The monoisotopic (exact) mass is 358 g/mol. The van der Waals surface area contributed by atoms with Crippen LogP contribution >= 0.6 is 0 Å². The molecule has 0 fully saturated rings. The Morgan fingerprint density at radius 1 is 1.12 bits per heavy atom. The highest BCUT2D eigenvalue weighted by molar-refractivity contribution is 5.92. The SMILES string of the molecule is CC(C)Oc1ccccc1NC(=O)CCCOc1ccccc1[N+](=O)[O-]. The minimum absolute atomic E-state index is 0.00288. The topological polar surface area (TPSA) is 90.7 Å². The van der Waals surface area contributed by atoms with Crippen LogP contribution in [0.5, 0.6) is 11.5 Å². The molecule has 0 aliphatic rings. The molecule has 0 bridgehead atoms.